The summed E-state index contributed by atoms with van der Waals surface area (Å²) in [6, 6.07) is 12.8. The Morgan fingerprint density at radius 2 is 1.93 bits per heavy atom. The van der Waals surface area contributed by atoms with Crippen molar-refractivity contribution in [2.75, 3.05) is 6.61 Å². The lowest BCUT2D eigenvalue weighted by molar-refractivity contribution is -0.128. The number of carbonyl (C=O) groups excluding carboxylic acids is 2. The Morgan fingerprint density at radius 1 is 1.19 bits per heavy atom. The highest BCUT2D eigenvalue weighted by Gasteiger charge is 2.08. The maximum absolute atomic E-state index is 11.8. The van der Waals surface area contributed by atoms with Gasteiger partial charge in [-0.1, -0.05) is 49.7 Å². The molecule has 0 aliphatic rings. The number of nitrogens with one attached hydrogen (secondary N) is 2. The summed E-state index contributed by atoms with van der Waals surface area (Å²) in [6.45, 7) is 3.96. The lowest BCUT2D eigenvalue weighted by atomic mass is 10.0. The van der Waals surface area contributed by atoms with Gasteiger partial charge in [-0.15, -0.1) is 0 Å². The third-order valence-electron chi connectivity index (χ3n) is 3.63. The first-order valence-electron chi connectivity index (χ1n) is 8.30. The first-order chi connectivity index (χ1) is 12.9. The normalized spacial score (nSPS) is 10.9. The minimum atomic E-state index is -0.481. The van der Waals surface area contributed by atoms with Crippen molar-refractivity contribution in [3.8, 4) is 5.75 Å². The largest absolute Gasteiger partial charge is 0.483 e. The zero-order valence-electron chi connectivity index (χ0n) is 15.0. The Labute approximate surface area is 171 Å². The molecule has 0 spiro atoms. The quantitative estimate of drug-likeness (QED) is 0.503. The third-order valence-corrected chi connectivity index (χ3v) is 4.59. The minimum absolute atomic E-state index is 0.228. The van der Waals surface area contributed by atoms with E-state index in [0.717, 1.165) is 10.0 Å². The number of ether oxygens (including phenoxy) is 1. The van der Waals surface area contributed by atoms with E-state index in [-0.39, 0.29) is 6.61 Å². The highest BCUT2D eigenvalue weighted by atomic mass is 79.9. The fraction of sp³-hybridized carbons (Fsp3) is 0.200. The zero-order valence-corrected chi connectivity index (χ0v) is 17.3. The van der Waals surface area contributed by atoms with Crippen LogP contribution in [0.5, 0.6) is 5.75 Å². The zero-order chi connectivity index (χ0) is 19.8. The van der Waals surface area contributed by atoms with Crippen LogP contribution in [0.1, 0.15) is 30.9 Å². The summed E-state index contributed by atoms with van der Waals surface area (Å²) in [6.07, 6.45) is 2.84. The van der Waals surface area contributed by atoms with Crippen LogP contribution in [0.2, 0.25) is 5.02 Å². The number of hydrogen-bond acceptors (Lipinski definition) is 3. The van der Waals surface area contributed by atoms with E-state index < -0.39 is 11.8 Å². The second-order valence-corrected chi connectivity index (χ2v) is 7.29. The van der Waals surface area contributed by atoms with Crippen LogP contribution in [0.3, 0.4) is 0 Å². The van der Waals surface area contributed by atoms with Gasteiger partial charge in [0.2, 0.25) is 0 Å². The number of amides is 2. The van der Waals surface area contributed by atoms with E-state index in [1.165, 1.54) is 6.08 Å². The number of rotatable bonds is 6. The molecule has 0 aromatic heterocycles. The molecular formula is C20H20BrClN2O3. The van der Waals surface area contributed by atoms with E-state index in [0.29, 0.717) is 22.3 Å². The molecule has 2 N–H and O–H groups in total. The Balaban J connectivity index is 1.79. The Morgan fingerprint density at radius 3 is 2.59 bits per heavy atom. The van der Waals surface area contributed by atoms with E-state index in [1.54, 1.807) is 30.3 Å². The van der Waals surface area contributed by atoms with Crippen molar-refractivity contribution in [3.63, 3.8) is 0 Å². The maximum atomic E-state index is 11.8. The SMILES string of the molecule is CC(C)c1ccc(OCC(=O)NNC(=O)C=Cc2ccccc2Cl)c(Br)c1. The summed E-state index contributed by atoms with van der Waals surface area (Å²) < 4.78 is 6.24. The number of carbonyl (C=O) groups is 2. The lowest BCUT2D eigenvalue weighted by Crippen LogP contribution is -2.43. The van der Waals surface area contributed by atoms with E-state index in [2.05, 4.69) is 40.6 Å². The molecule has 0 aliphatic carbocycles. The van der Waals surface area contributed by atoms with Gasteiger partial charge < -0.3 is 4.74 Å². The molecule has 0 saturated heterocycles. The van der Waals surface area contributed by atoms with Gasteiger partial charge in [-0.2, -0.15) is 0 Å². The predicted octanol–water partition coefficient (Wildman–Crippen LogP) is 4.47. The van der Waals surface area contributed by atoms with Crippen molar-refractivity contribution in [3.05, 3.63) is 69.2 Å². The van der Waals surface area contributed by atoms with Gasteiger partial charge in [0.25, 0.3) is 11.8 Å². The van der Waals surface area contributed by atoms with Crippen molar-refractivity contribution in [1.29, 1.82) is 0 Å². The summed E-state index contributed by atoms with van der Waals surface area (Å²) >= 11 is 9.43. The molecule has 2 amide bonds. The van der Waals surface area contributed by atoms with Crippen LogP contribution in [0.4, 0.5) is 0 Å². The van der Waals surface area contributed by atoms with Gasteiger partial charge in [0.1, 0.15) is 5.75 Å². The van der Waals surface area contributed by atoms with Crippen molar-refractivity contribution in [2.24, 2.45) is 0 Å². The molecule has 5 nitrogen and oxygen atoms in total. The molecule has 0 unspecified atom stereocenters. The van der Waals surface area contributed by atoms with Gasteiger partial charge in [-0.3, -0.25) is 20.4 Å². The molecule has 142 valence electrons. The fourth-order valence-electron chi connectivity index (χ4n) is 2.12. The van der Waals surface area contributed by atoms with Crippen LogP contribution in [0.15, 0.2) is 53.0 Å². The third kappa shape index (κ3) is 6.73. The van der Waals surface area contributed by atoms with E-state index >= 15 is 0 Å². The average molecular weight is 452 g/mol. The molecule has 2 aromatic carbocycles. The molecule has 2 aromatic rings. The van der Waals surface area contributed by atoms with Gasteiger partial charge >= 0.3 is 0 Å². The van der Waals surface area contributed by atoms with Gasteiger partial charge in [0.15, 0.2) is 6.61 Å². The topological polar surface area (TPSA) is 67.4 Å². The summed E-state index contributed by atoms with van der Waals surface area (Å²) in [4.78, 5) is 23.6. The summed E-state index contributed by atoms with van der Waals surface area (Å²) in [5.41, 5.74) is 6.45. The number of benzene rings is 2. The lowest BCUT2D eigenvalue weighted by Gasteiger charge is -2.11. The van der Waals surface area contributed by atoms with Gasteiger partial charge in [-0.25, -0.2) is 0 Å². The molecule has 27 heavy (non-hydrogen) atoms. The Bertz CT molecular complexity index is 853. The molecule has 0 atom stereocenters. The molecule has 0 bridgehead atoms. The van der Waals surface area contributed by atoms with Crippen molar-refractivity contribution in [2.45, 2.75) is 19.8 Å². The number of hydrazine groups is 1. The van der Waals surface area contributed by atoms with Gasteiger partial charge in [0, 0.05) is 11.1 Å². The van der Waals surface area contributed by atoms with Crippen LogP contribution in [-0.4, -0.2) is 18.4 Å². The van der Waals surface area contributed by atoms with E-state index in [4.69, 9.17) is 16.3 Å². The summed E-state index contributed by atoms with van der Waals surface area (Å²) in [5, 5.41) is 0.535. The summed E-state index contributed by atoms with van der Waals surface area (Å²) in [7, 11) is 0. The molecule has 0 saturated carbocycles. The van der Waals surface area contributed by atoms with Crippen molar-refractivity contribution >= 4 is 45.4 Å². The van der Waals surface area contributed by atoms with Crippen LogP contribution in [0.25, 0.3) is 6.08 Å². The highest BCUT2D eigenvalue weighted by Crippen LogP contribution is 2.28. The highest BCUT2D eigenvalue weighted by molar-refractivity contribution is 9.10. The van der Waals surface area contributed by atoms with Gasteiger partial charge in [-0.05, 0) is 57.2 Å². The van der Waals surface area contributed by atoms with Crippen molar-refractivity contribution < 1.29 is 14.3 Å². The minimum Gasteiger partial charge on any atom is -0.483 e. The van der Waals surface area contributed by atoms with Gasteiger partial charge in [0.05, 0.1) is 4.47 Å². The van der Waals surface area contributed by atoms with Crippen LogP contribution in [0, 0.1) is 0 Å². The Kier molecular flexibility index (Phi) is 7.88. The van der Waals surface area contributed by atoms with Crippen LogP contribution in [-0.2, 0) is 9.59 Å². The molecule has 2 rings (SSSR count). The molecule has 0 fully saturated rings. The predicted molar refractivity (Wildman–Crippen MR) is 110 cm³/mol. The number of hydrogen-bond donors (Lipinski definition) is 2. The second-order valence-electron chi connectivity index (χ2n) is 6.03. The molecule has 0 aliphatic heterocycles. The van der Waals surface area contributed by atoms with E-state index in [9.17, 15) is 9.59 Å². The second kappa shape index (κ2) is 10.1. The van der Waals surface area contributed by atoms with Crippen LogP contribution >= 0.6 is 27.5 Å². The monoisotopic (exact) mass is 450 g/mol. The molecular weight excluding hydrogens is 432 g/mol. The number of halogens is 2. The first kappa shape index (κ1) is 21.0. The molecule has 0 heterocycles. The molecule has 0 radical (unpaired) electrons. The van der Waals surface area contributed by atoms with Crippen molar-refractivity contribution in [1.82, 2.24) is 10.9 Å². The van der Waals surface area contributed by atoms with E-state index in [1.807, 2.05) is 18.2 Å². The summed E-state index contributed by atoms with van der Waals surface area (Å²) in [5.74, 6) is -0.00718. The average Bonchev–Trinajstić information content (AvgIpc) is 2.64. The standard InChI is InChI=1S/C20H20BrClN2O3/c1-13(2)15-7-9-18(16(21)11-15)27-12-20(26)24-23-19(25)10-8-14-5-3-4-6-17(14)22/h3-11,13H,12H2,1-2H3,(H,23,25)(H,24,26). The molecule has 7 heteroatoms. The smallest absolute Gasteiger partial charge is 0.276 e. The fourth-order valence-corrected chi connectivity index (χ4v) is 2.83. The Hall–Kier alpha value is -2.31. The maximum Gasteiger partial charge on any atom is 0.276 e. The van der Waals surface area contributed by atoms with Crippen LogP contribution < -0.4 is 15.6 Å². The first-order valence-corrected chi connectivity index (χ1v) is 9.47.